The van der Waals surface area contributed by atoms with Gasteiger partial charge in [-0.2, -0.15) is 0 Å². The zero-order chi connectivity index (χ0) is 11.3. The van der Waals surface area contributed by atoms with Crippen LogP contribution in [-0.2, 0) is 0 Å². The highest BCUT2D eigenvalue weighted by Gasteiger charge is 2.02. The molecule has 1 aromatic rings. The van der Waals surface area contributed by atoms with Crippen molar-refractivity contribution in [1.82, 2.24) is 0 Å². The normalized spacial score (nSPS) is 10.0. The summed E-state index contributed by atoms with van der Waals surface area (Å²) in [6.45, 7) is 0.450. The SMILES string of the molecule is N=C(N)SCCOc1ccc(Cl)cc1Cl. The predicted molar refractivity (Wildman–Crippen MR) is 66.3 cm³/mol. The summed E-state index contributed by atoms with van der Waals surface area (Å²) < 4.78 is 5.38. The summed E-state index contributed by atoms with van der Waals surface area (Å²) in [5.41, 5.74) is 5.17. The number of halogens is 2. The van der Waals surface area contributed by atoms with E-state index in [1.54, 1.807) is 18.2 Å². The minimum absolute atomic E-state index is 0.0841. The molecular formula is C9H10Cl2N2OS. The first-order valence-corrected chi connectivity index (χ1v) is 5.88. The number of benzene rings is 1. The number of rotatable bonds is 4. The lowest BCUT2D eigenvalue weighted by Gasteiger charge is -2.07. The summed E-state index contributed by atoms with van der Waals surface area (Å²) in [6.07, 6.45) is 0. The van der Waals surface area contributed by atoms with Crippen LogP contribution in [0.4, 0.5) is 0 Å². The van der Waals surface area contributed by atoms with Crippen LogP contribution in [-0.4, -0.2) is 17.5 Å². The Morgan fingerprint density at radius 3 is 2.80 bits per heavy atom. The van der Waals surface area contributed by atoms with E-state index >= 15 is 0 Å². The molecule has 15 heavy (non-hydrogen) atoms. The molecule has 0 heterocycles. The van der Waals surface area contributed by atoms with Gasteiger partial charge in [0.25, 0.3) is 0 Å². The van der Waals surface area contributed by atoms with E-state index in [1.807, 2.05) is 0 Å². The molecule has 1 rings (SSSR count). The Kier molecular flexibility index (Phi) is 5.08. The molecule has 0 aliphatic heterocycles. The summed E-state index contributed by atoms with van der Waals surface area (Å²) >= 11 is 12.8. The molecule has 0 bridgehead atoms. The third kappa shape index (κ3) is 4.64. The minimum Gasteiger partial charge on any atom is -0.491 e. The molecule has 1 aromatic carbocycles. The van der Waals surface area contributed by atoms with Gasteiger partial charge in [0.1, 0.15) is 5.75 Å². The Bertz CT molecular complexity index is 360. The lowest BCUT2D eigenvalue weighted by atomic mass is 10.3. The van der Waals surface area contributed by atoms with Gasteiger partial charge < -0.3 is 10.5 Å². The lowest BCUT2D eigenvalue weighted by molar-refractivity contribution is 0.344. The monoisotopic (exact) mass is 264 g/mol. The van der Waals surface area contributed by atoms with Gasteiger partial charge >= 0.3 is 0 Å². The van der Waals surface area contributed by atoms with Gasteiger partial charge in [0.05, 0.1) is 11.6 Å². The summed E-state index contributed by atoms with van der Waals surface area (Å²) in [5, 5.41) is 8.13. The fraction of sp³-hybridized carbons (Fsp3) is 0.222. The highest BCUT2D eigenvalue weighted by molar-refractivity contribution is 8.13. The van der Waals surface area contributed by atoms with Gasteiger partial charge in [-0.15, -0.1) is 0 Å². The van der Waals surface area contributed by atoms with E-state index < -0.39 is 0 Å². The van der Waals surface area contributed by atoms with Crippen molar-refractivity contribution >= 4 is 40.1 Å². The maximum Gasteiger partial charge on any atom is 0.151 e. The number of amidine groups is 1. The molecule has 6 heteroatoms. The van der Waals surface area contributed by atoms with E-state index in [1.165, 1.54) is 11.8 Å². The van der Waals surface area contributed by atoms with Gasteiger partial charge in [0.2, 0.25) is 0 Å². The van der Waals surface area contributed by atoms with Gasteiger partial charge in [-0.05, 0) is 18.2 Å². The van der Waals surface area contributed by atoms with Crippen molar-refractivity contribution in [3.05, 3.63) is 28.2 Å². The molecular weight excluding hydrogens is 255 g/mol. The van der Waals surface area contributed by atoms with E-state index in [9.17, 15) is 0 Å². The average Bonchev–Trinajstić information content (AvgIpc) is 2.14. The fourth-order valence-corrected chi connectivity index (χ4v) is 1.75. The molecule has 0 saturated heterocycles. The van der Waals surface area contributed by atoms with Crippen molar-refractivity contribution in [3.8, 4) is 5.75 Å². The van der Waals surface area contributed by atoms with Crippen LogP contribution in [0.25, 0.3) is 0 Å². The number of hydrogen-bond acceptors (Lipinski definition) is 3. The second-order valence-corrected chi connectivity index (χ2v) is 4.62. The molecule has 0 radical (unpaired) electrons. The number of ether oxygens (including phenoxy) is 1. The Balaban J connectivity index is 2.40. The highest BCUT2D eigenvalue weighted by Crippen LogP contribution is 2.27. The first-order chi connectivity index (χ1) is 7.09. The van der Waals surface area contributed by atoms with Gasteiger partial charge in [0.15, 0.2) is 5.17 Å². The first-order valence-electron chi connectivity index (χ1n) is 4.14. The molecule has 0 spiro atoms. The largest absolute Gasteiger partial charge is 0.491 e. The van der Waals surface area contributed by atoms with Crippen molar-refractivity contribution in [2.75, 3.05) is 12.4 Å². The Morgan fingerprint density at radius 1 is 1.47 bits per heavy atom. The van der Waals surface area contributed by atoms with Crippen LogP contribution in [0.2, 0.25) is 10.0 Å². The third-order valence-electron chi connectivity index (χ3n) is 1.49. The van der Waals surface area contributed by atoms with Gasteiger partial charge in [-0.1, -0.05) is 35.0 Å². The van der Waals surface area contributed by atoms with E-state index in [-0.39, 0.29) is 5.17 Å². The van der Waals surface area contributed by atoms with Crippen LogP contribution < -0.4 is 10.5 Å². The highest BCUT2D eigenvalue weighted by atomic mass is 35.5. The Hall–Kier alpha value is -0.580. The van der Waals surface area contributed by atoms with Crippen LogP contribution in [0.15, 0.2) is 18.2 Å². The van der Waals surface area contributed by atoms with Crippen molar-refractivity contribution < 1.29 is 4.74 Å². The standard InChI is InChI=1S/C9H10Cl2N2OS/c10-6-1-2-8(7(11)5-6)14-3-4-15-9(12)13/h1-2,5H,3-4H2,(H3,12,13). The van der Waals surface area contributed by atoms with Crippen molar-refractivity contribution in [3.63, 3.8) is 0 Å². The van der Waals surface area contributed by atoms with Gasteiger partial charge in [0, 0.05) is 10.8 Å². The summed E-state index contributed by atoms with van der Waals surface area (Å²) in [7, 11) is 0. The lowest BCUT2D eigenvalue weighted by Crippen LogP contribution is -2.08. The van der Waals surface area contributed by atoms with Crippen LogP contribution in [0.1, 0.15) is 0 Å². The predicted octanol–water partition coefficient (Wildman–Crippen LogP) is 3.00. The summed E-state index contributed by atoms with van der Waals surface area (Å²) in [5.74, 6) is 1.21. The molecule has 0 unspecified atom stereocenters. The summed E-state index contributed by atoms with van der Waals surface area (Å²) in [4.78, 5) is 0. The molecule has 0 aliphatic rings. The van der Waals surface area contributed by atoms with E-state index in [2.05, 4.69) is 0 Å². The maximum absolute atomic E-state index is 6.99. The van der Waals surface area contributed by atoms with Crippen LogP contribution in [0.3, 0.4) is 0 Å². The molecule has 0 saturated carbocycles. The van der Waals surface area contributed by atoms with E-state index in [0.717, 1.165) is 0 Å². The zero-order valence-corrected chi connectivity index (χ0v) is 10.1. The minimum atomic E-state index is 0.0841. The smallest absolute Gasteiger partial charge is 0.151 e. The molecule has 0 aliphatic carbocycles. The second-order valence-electron chi connectivity index (χ2n) is 2.64. The number of nitrogens with one attached hydrogen (secondary N) is 1. The number of thioether (sulfide) groups is 1. The summed E-state index contributed by atoms with van der Waals surface area (Å²) in [6, 6.07) is 5.04. The zero-order valence-electron chi connectivity index (χ0n) is 7.80. The van der Waals surface area contributed by atoms with Crippen molar-refractivity contribution in [2.45, 2.75) is 0 Å². The third-order valence-corrected chi connectivity index (χ3v) is 2.70. The second kappa shape index (κ2) is 6.10. The molecule has 0 fully saturated rings. The first kappa shape index (κ1) is 12.5. The van der Waals surface area contributed by atoms with Crippen molar-refractivity contribution in [1.29, 1.82) is 5.41 Å². The van der Waals surface area contributed by atoms with Crippen LogP contribution >= 0.6 is 35.0 Å². The molecule has 0 atom stereocenters. The quantitative estimate of drug-likeness (QED) is 0.500. The van der Waals surface area contributed by atoms with Crippen LogP contribution in [0.5, 0.6) is 5.75 Å². The van der Waals surface area contributed by atoms with E-state index in [0.29, 0.717) is 28.2 Å². The molecule has 3 nitrogen and oxygen atoms in total. The fourth-order valence-electron chi connectivity index (χ4n) is 0.896. The Labute approximate surface area is 102 Å². The molecule has 0 aromatic heterocycles. The van der Waals surface area contributed by atoms with E-state index in [4.69, 9.17) is 39.1 Å². The van der Waals surface area contributed by atoms with Gasteiger partial charge in [-0.3, -0.25) is 5.41 Å². The average molecular weight is 265 g/mol. The van der Waals surface area contributed by atoms with Crippen molar-refractivity contribution in [2.24, 2.45) is 5.73 Å². The molecule has 3 N–H and O–H groups in total. The maximum atomic E-state index is 6.99. The Morgan fingerprint density at radius 2 is 2.20 bits per heavy atom. The number of nitrogens with two attached hydrogens (primary N) is 1. The topological polar surface area (TPSA) is 59.1 Å². The van der Waals surface area contributed by atoms with Crippen LogP contribution in [0, 0.1) is 5.41 Å². The molecule has 82 valence electrons. The van der Waals surface area contributed by atoms with Gasteiger partial charge in [-0.25, -0.2) is 0 Å². The number of hydrogen-bond donors (Lipinski definition) is 2. The molecule has 0 amide bonds.